The Morgan fingerprint density at radius 2 is 2.10 bits per heavy atom. The number of aliphatic carboxylic acids is 1. The van der Waals surface area contributed by atoms with Gasteiger partial charge in [-0.15, -0.1) is 11.3 Å². The Hall–Kier alpha value is -1.92. The minimum atomic E-state index is -1.00. The molecule has 0 bridgehead atoms. The van der Waals surface area contributed by atoms with E-state index in [2.05, 4.69) is 20.9 Å². The molecule has 0 unspecified atom stereocenters. The highest BCUT2D eigenvalue weighted by Gasteiger charge is 2.09. The normalized spacial score (nSPS) is 10.7. The number of halogens is 1. The predicted octanol–water partition coefficient (Wildman–Crippen LogP) is 4.19. The summed E-state index contributed by atoms with van der Waals surface area (Å²) >= 11 is 5.01. The molecule has 0 spiro atoms. The summed E-state index contributed by atoms with van der Waals surface area (Å²) in [7, 11) is 0. The topological polar surface area (TPSA) is 59.4 Å². The molecular formula is C15H10BrNO3S. The molecule has 0 aliphatic carbocycles. The maximum Gasteiger partial charge on any atom is 0.341 e. The summed E-state index contributed by atoms with van der Waals surface area (Å²) < 4.78 is 7.03. The van der Waals surface area contributed by atoms with E-state index in [4.69, 9.17) is 9.84 Å². The second kappa shape index (κ2) is 5.83. The van der Waals surface area contributed by atoms with Crippen molar-refractivity contribution in [3.05, 3.63) is 46.9 Å². The first-order valence-corrected chi connectivity index (χ1v) is 7.74. The Bertz CT molecular complexity index is 783. The number of fused-ring (bicyclic) bond motifs is 1. The molecule has 4 nitrogen and oxygen atoms in total. The minimum absolute atomic E-state index is 0.362. The van der Waals surface area contributed by atoms with Crippen molar-refractivity contribution >= 4 is 43.5 Å². The zero-order chi connectivity index (χ0) is 14.8. The Balaban J connectivity index is 1.92. The molecule has 106 valence electrons. The zero-order valence-electron chi connectivity index (χ0n) is 10.7. The summed E-state index contributed by atoms with van der Waals surface area (Å²) in [6.45, 7) is -0.362. The molecule has 0 saturated heterocycles. The van der Waals surface area contributed by atoms with E-state index in [1.165, 1.54) is 0 Å². The van der Waals surface area contributed by atoms with Crippen molar-refractivity contribution in [1.82, 2.24) is 4.98 Å². The minimum Gasteiger partial charge on any atom is -0.481 e. The van der Waals surface area contributed by atoms with Crippen LogP contribution < -0.4 is 4.74 Å². The van der Waals surface area contributed by atoms with Gasteiger partial charge in [0.05, 0.1) is 14.7 Å². The second-order valence-corrected chi connectivity index (χ2v) is 6.20. The van der Waals surface area contributed by atoms with Crippen molar-refractivity contribution < 1.29 is 14.6 Å². The summed E-state index contributed by atoms with van der Waals surface area (Å²) in [4.78, 5) is 15.1. The molecule has 0 fully saturated rings. The number of hydrogen-bond donors (Lipinski definition) is 1. The lowest BCUT2D eigenvalue weighted by Crippen LogP contribution is -2.09. The van der Waals surface area contributed by atoms with Gasteiger partial charge < -0.3 is 9.84 Å². The van der Waals surface area contributed by atoms with Gasteiger partial charge in [-0.2, -0.15) is 0 Å². The number of rotatable bonds is 4. The number of carboxylic acids is 1. The van der Waals surface area contributed by atoms with Crippen LogP contribution in [-0.2, 0) is 4.79 Å². The number of hydrogen-bond acceptors (Lipinski definition) is 4. The van der Waals surface area contributed by atoms with E-state index < -0.39 is 5.97 Å². The van der Waals surface area contributed by atoms with Crippen LogP contribution in [-0.4, -0.2) is 22.7 Å². The molecule has 2 aromatic carbocycles. The van der Waals surface area contributed by atoms with Crippen molar-refractivity contribution in [1.29, 1.82) is 0 Å². The van der Waals surface area contributed by atoms with Crippen LogP contribution in [0, 0.1) is 0 Å². The van der Waals surface area contributed by atoms with Crippen LogP contribution >= 0.6 is 27.3 Å². The smallest absolute Gasteiger partial charge is 0.341 e. The number of aromatic nitrogens is 1. The summed E-state index contributed by atoms with van der Waals surface area (Å²) in [5.41, 5.74) is 1.94. The molecule has 3 rings (SSSR count). The van der Waals surface area contributed by atoms with Crippen molar-refractivity contribution in [2.24, 2.45) is 0 Å². The number of carboxylic acid groups (broad SMARTS) is 1. The van der Waals surface area contributed by atoms with Gasteiger partial charge in [-0.25, -0.2) is 9.78 Å². The van der Waals surface area contributed by atoms with Gasteiger partial charge in [-0.05, 0) is 46.3 Å². The lowest BCUT2D eigenvalue weighted by atomic mass is 10.2. The first-order chi connectivity index (χ1) is 10.1. The third-order valence-corrected chi connectivity index (χ3v) is 4.53. The van der Waals surface area contributed by atoms with Crippen molar-refractivity contribution in [2.75, 3.05) is 6.61 Å². The van der Waals surface area contributed by atoms with Crippen LogP contribution in [0.3, 0.4) is 0 Å². The monoisotopic (exact) mass is 363 g/mol. The molecular weight excluding hydrogens is 354 g/mol. The summed E-state index contributed by atoms with van der Waals surface area (Å²) in [6.07, 6.45) is 0. The second-order valence-electron chi connectivity index (χ2n) is 4.31. The fourth-order valence-corrected chi connectivity index (χ4v) is 3.34. The summed E-state index contributed by atoms with van der Waals surface area (Å²) in [5, 5.41) is 9.55. The van der Waals surface area contributed by atoms with Gasteiger partial charge in [0.25, 0.3) is 0 Å². The number of para-hydroxylation sites is 1. The Morgan fingerprint density at radius 1 is 1.29 bits per heavy atom. The van der Waals surface area contributed by atoms with E-state index >= 15 is 0 Å². The number of benzene rings is 2. The molecule has 0 amide bonds. The quantitative estimate of drug-likeness (QED) is 0.754. The summed E-state index contributed by atoms with van der Waals surface area (Å²) in [6, 6.07) is 13.5. The third kappa shape index (κ3) is 3.06. The predicted molar refractivity (Wildman–Crippen MR) is 85.9 cm³/mol. The third-order valence-electron chi connectivity index (χ3n) is 2.82. The van der Waals surface area contributed by atoms with E-state index in [0.717, 1.165) is 20.8 Å². The summed E-state index contributed by atoms with van der Waals surface area (Å²) in [5.74, 6) is -0.501. The number of carbonyl (C=O) groups is 1. The van der Waals surface area contributed by atoms with E-state index in [9.17, 15) is 4.79 Å². The Morgan fingerprint density at radius 3 is 2.81 bits per heavy atom. The van der Waals surface area contributed by atoms with E-state index in [-0.39, 0.29) is 6.61 Å². The number of thiazole rings is 1. The van der Waals surface area contributed by atoms with Crippen LogP contribution in [0.4, 0.5) is 0 Å². The average molecular weight is 364 g/mol. The molecule has 3 aromatic rings. The van der Waals surface area contributed by atoms with Crippen LogP contribution in [0.1, 0.15) is 0 Å². The fourth-order valence-electron chi connectivity index (χ4n) is 1.89. The highest BCUT2D eigenvalue weighted by atomic mass is 79.9. The zero-order valence-corrected chi connectivity index (χ0v) is 13.1. The van der Waals surface area contributed by atoms with Crippen LogP contribution in [0.2, 0.25) is 0 Å². The van der Waals surface area contributed by atoms with Gasteiger partial charge in [-0.1, -0.05) is 12.1 Å². The SMILES string of the molecule is O=C(O)COc1ccc(-c2nc3ccccc3s2)cc1Br. The maximum atomic E-state index is 10.5. The first-order valence-electron chi connectivity index (χ1n) is 6.13. The first kappa shape index (κ1) is 14.0. The van der Waals surface area contributed by atoms with Crippen molar-refractivity contribution in [3.8, 4) is 16.3 Å². The van der Waals surface area contributed by atoms with Crippen molar-refractivity contribution in [2.45, 2.75) is 0 Å². The molecule has 21 heavy (non-hydrogen) atoms. The molecule has 0 aliphatic rings. The molecule has 1 heterocycles. The van der Waals surface area contributed by atoms with Gasteiger partial charge in [0.2, 0.25) is 0 Å². The van der Waals surface area contributed by atoms with E-state index in [0.29, 0.717) is 10.2 Å². The van der Waals surface area contributed by atoms with Crippen LogP contribution in [0.15, 0.2) is 46.9 Å². The number of nitrogens with zero attached hydrogens (tertiary/aromatic N) is 1. The highest BCUT2D eigenvalue weighted by Crippen LogP contribution is 2.34. The Kier molecular flexibility index (Phi) is 3.90. The number of ether oxygens (including phenoxy) is 1. The van der Waals surface area contributed by atoms with Crippen LogP contribution in [0.5, 0.6) is 5.75 Å². The highest BCUT2D eigenvalue weighted by molar-refractivity contribution is 9.10. The molecule has 0 radical (unpaired) electrons. The molecule has 1 N–H and O–H groups in total. The van der Waals surface area contributed by atoms with Gasteiger partial charge in [0.1, 0.15) is 10.8 Å². The lowest BCUT2D eigenvalue weighted by molar-refractivity contribution is -0.139. The fraction of sp³-hybridized carbons (Fsp3) is 0.0667. The van der Waals surface area contributed by atoms with E-state index in [1.807, 2.05) is 36.4 Å². The molecule has 0 saturated carbocycles. The maximum absolute atomic E-state index is 10.5. The molecule has 0 atom stereocenters. The van der Waals surface area contributed by atoms with Crippen molar-refractivity contribution in [3.63, 3.8) is 0 Å². The van der Waals surface area contributed by atoms with Crippen LogP contribution in [0.25, 0.3) is 20.8 Å². The lowest BCUT2D eigenvalue weighted by Gasteiger charge is -2.06. The largest absolute Gasteiger partial charge is 0.481 e. The van der Waals surface area contributed by atoms with Gasteiger partial charge in [0, 0.05) is 5.56 Å². The Labute approximate surface area is 133 Å². The standard InChI is InChI=1S/C15H10BrNO3S/c16-10-7-9(5-6-12(10)20-8-14(18)19)15-17-11-3-1-2-4-13(11)21-15/h1-7H,8H2,(H,18,19). The molecule has 1 aromatic heterocycles. The average Bonchev–Trinajstić information content (AvgIpc) is 2.89. The van der Waals surface area contributed by atoms with Gasteiger partial charge in [0.15, 0.2) is 6.61 Å². The molecule has 0 aliphatic heterocycles. The van der Waals surface area contributed by atoms with Gasteiger partial charge >= 0.3 is 5.97 Å². The van der Waals surface area contributed by atoms with Gasteiger partial charge in [-0.3, -0.25) is 0 Å². The van der Waals surface area contributed by atoms with E-state index in [1.54, 1.807) is 17.4 Å². The molecule has 6 heteroatoms.